The van der Waals surface area contributed by atoms with Crippen LogP contribution >= 0.6 is 0 Å². The van der Waals surface area contributed by atoms with Crippen molar-refractivity contribution in [1.29, 1.82) is 0 Å². The van der Waals surface area contributed by atoms with Crippen molar-refractivity contribution in [1.82, 2.24) is 10.2 Å². The summed E-state index contributed by atoms with van der Waals surface area (Å²) in [5, 5.41) is 15.2. The fourth-order valence-corrected chi connectivity index (χ4v) is 4.03. The Kier molecular flexibility index (Phi) is 11.2. The molecule has 0 saturated carbocycles. The molecule has 204 valence electrons. The molecule has 11 nitrogen and oxygen atoms in total. The Morgan fingerprint density at radius 1 is 1.03 bits per heavy atom. The summed E-state index contributed by atoms with van der Waals surface area (Å²) in [5.74, 6) is 0.0124. The number of hydrogen-bond donors (Lipinski definition) is 4. The number of carboxylic acids is 1. The van der Waals surface area contributed by atoms with E-state index in [1.165, 1.54) is 0 Å². The minimum atomic E-state index is -0.851. The molecule has 2 amide bonds. The van der Waals surface area contributed by atoms with Crippen molar-refractivity contribution in [3.05, 3.63) is 60.2 Å². The molecule has 38 heavy (non-hydrogen) atoms. The number of rotatable bonds is 8. The Balaban J connectivity index is 0.000000304. The highest BCUT2D eigenvalue weighted by molar-refractivity contribution is 5.94. The number of primary amides is 1. The molecule has 2 aliphatic rings. The quantitative estimate of drug-likeness (QED) is 0.412. The Hall–Kier alpha value is -4.28. The van der Waals surface area contributed by atoms with Crippen LogP contribution in [0, 0.1) is 0 Å². The monoisotopic (exact) mass is 524 g/mol. The minimum absolute atomic E-state index is 0.0473. The number of nitrogens with one attached hydrogen (secondary N) is 2. The number of carbonyl (C=O) groups excluding carboxylic acids is 2. The normalized spacial score (nSPS) is 14.8. The molecule has 0 aromatic heterocycles. The maximum Gasteiger partial charge on any atom is 0.404 e. The molecule has 0 aliphatic carbocycles. The summed E-state index contributed by atoms with van der Waals surface area (Å²) in [6, 6.07) is 17.6. The fraction of sp³-hybridized carbons (Fsp3) is 0.407. The number of carboxylic acid groups (broad SMARTS) is 1. The summed E-state index contributed by atoms with van der Waals surface area (Å²) in [7, 11) is 0. The number of amides is 2. The number of aliphatic imine (C=N–C) groups is 1. The van der Waals surface area contributed by atoms with E-state index in [9.17, 15) is 14.4 Å². The van der Waals surface area contributed by atoms with Gasteiger partial charge in [-0.2, -0.15) is 0 Å². The number of carbonyl (C=O) groups is 3. The Bertz CT molecular complexity index is 1090. The van der Waals surface area contributed by atoms with Gasteiger partial charge < -0.3 is 36.0 Å². The van der Waals surface area contributed by atoms with Crippen molar-refractivity contribution in [3.63, 3.8) is 0 Å². The van der Waals surface area contributed by atoms with Gasteiger partial charge in [0.05, 0.1) is 0 Å². The third-order valence-corrected chi connectivity index (χ3v) is 6.01. The van der Waals surface area contributed by atoms with Gasteiger partial charge in [-0.25, -0.2) is 4.79 Å². The molecule has 2 aromatic carbocycles. The van der Waals surface area contributed by atoms with Gasteiger partial charge in [0.2, 0.25) is 5.91 Å². The number of anilines is 2. The first-order chi connectivity index (χ1) is 18.4. The molecule has 5 N–H and O–H groups in total. The van der Waals surface area contributed by atoms with Gasteiger partial charge in [0.1, 0.15) is 6.61 Å². The lowest BCUT2D eigenvalue weighted by molar-refractivity contribution is -0.137. The van der Waals surface area contributed by atoms with Crippen molar-refractivity contribution in [3.8, 4) is 0 Å². The number of piperazine rings is 1. The third-order valence-electron chi connectivity index (χ3n) is 6.01. The van der Waals surface area contributed by atoms with E-state index in [4.69, 9.17) is 10.8 Å². The molecule has 2 heterocycles. The second-order valence-corrected chi connectivity index (χ2v) is 8.89. The van der Waals surface area contributed by atoms with Crippen LogP contribution in [0.4, 0.5) is 16.2 Å². The first kappa shape index (κ1) is 28.3. The lowest BCUT2D eigenvalue weighted by Gasteiger charge is -2.36. The number of ether oxygens (including phenoxy) is 1. The van der Waals surface area contributed by atoms with Crippen LogP contribution in [0.15, 0.2) is 59.6 Å². The topological polar surface area (TPSA) is 150 Å². The summed E-state index contributed by atoms with van der Waals surface area (Å²) < 4.78 is 4.57. The van der Waals surface area contributed by atoms with E-state index in [2.05, 4.69) is 37.4 Å². The lowest BCUT2D eigenvalue weighted by Crippen LogP contribution is -2.48. The van der Waals surface area contributed by atoms with E-state index in [0.29, 0.717) is 25.9 Å². The summed E-state index contributed by atoms with van der Waals surface area (Å²) >= 11 is 0. The van der Waals surface area contributed by atoms with Gasteiger partial charge >= 0.3 is 12.1 Å². The highest BCUT2D eigenvalue weighted by Gasteiger charge is 2.21. The zero-order valence-electron chi connectivity index (χ0n) is 21.5. The highest BCUT2D eigenvalue weighted by Crippen LogP contribution is 2.21. The Morgan fingerprint density at radius 2 is 1.79 bits per heavy atom. The van der Waals surface area contributed by atoms with E-state index in [-0.39, 0.29) is 18.9 Å². The van der Waals surface area contributed by atoms with E-state index in [1.807, 2.05) is 47.4 Å². The average Bonchev–Trinajstić information content (AvgIpc) is 2.93. The van der Waals surface area contributed by atoms with Crippen molar-refractivity contribution >= 4 is 35.3 Å². The zero-order chi connectivity index (χ0) is 27.2. The average molecular weight is 525 g/mol. The van der Waals surface area contributed by atoms with Crippen LogP contribution in [0.2, 0.25) is 0 Å². The van der Waals surface area contributed by atoms with E-state index >= 15 is 0 Å². The molecule has 2 aromatic rings. The number of aliphatic carboxylic acids is 1. The first-order valence-electron chi connectivity index (χ1n) is 12.8. The standard InChI is InChI=1S/C19H27N5O3.C8H9NO2/c25-17(6-2-7-18(26)27)24-12-10-23(11-13-24)16-5-1-4-15(14-16)22-19-20-8-3-9-21-19;9-8(10)11-6-7-4-2-1-3-5-7/h1,4-5,14H,2-3,6-13H2,(H,26,27)(H2,20,21,22);1-5H,6H2,(H2,9,10). The van der Waals surface area contributed by atoms with Crippen LogP contribution in [0.1, 0.15) is 31.2 Å². The summed E-state index contributed by atoms with van der Waals surface area (Å²) in [5.41, 5.74) is 7.83. The van der Waals surface area contributed by atoms with Gasteiger partial charge in [-0.15, -0.1) is 0 Å². The second-order valence-electron chi connectivity index (χ2n) is 8.89. The molecule has 0 unspecified atom stereocenters. The number of hydrogen-bond acceptors (Lipinski definition) is 8. The Labute approximate surface area is 222 Å². The van der Waals surface area contributed by atoms with Crippen LogP contribution in [0.5, 0.6) is 0 Å². The van der Waals surface area contributed by atoms with Crippen molar-refractivity contribution in [2.24, 2.45) is 10.7 Å². The molecule has 0 radical (unpaired) electrons. The van der Waals surface area contributed by atoms with Crippen molar-refractivity contribution in [2.75, 3.05) is 49.5 Å². The fourth-order valence-electron chi connectivity index (χ4n) is 4.03. The largest absolute Gasteiger partial charge is 0.481 e. The zero-order valence-corrected chi connectivity index (χ0v) is 21.5. The van der Waals surface area contributed by atoms with Crippen molar-refractivity contribution in [2.45, 2.75) is 32.3 Å². The number of nitrogens with zero attached hydrogens (tertiary/aromatic N) is 3. The molecule has 1 saturated heterocycles. The number of guanidine groups is 1. The first-order valence-corrected chi connectivity index (χ1v) is 12.8. The van der Waals surface area contributed by atoms with Crippen molar-refractivity contribution < 1.29 is 24.2 Å². The third kappa shape index (κ3) is 10.00. The predicted molar refractivity (Wildman–Crippen MR) is 146 cm³/mol. The summed E-state index contributed by atoms with van der Waals surface area (Å²) in [6.45, 7) is 4.90. The van der Waals surface area contributed by atoms with Gasteiger partial charge in [0.15, 0.2) is 5.96 Å². The molecule has 0 spiro atoms. The smallest absolute Gasteiger partial charge is 0.404 e. The minimum Gasteiger partial charge on any atom is -0.481 e. The molecule has 2 aliphatic heterocycles. The van der Waals surface area contributed by atoms with E-state index in [0.717, 1.165) is 55.5 Å². The SMILES string of the molecule is NC(=O)OCc1ccccc1.O=C(O)CCCC(=O)N1CCN(c2cccc(NC3=NCCCN3)c2)CC1. The van der Waals surface area contributed by atoms with Crippen LogP contribution in [0.25, 0.3) is 0 Å². The van der Waals surface area contributed by atoms with Crippen LogP contribution in [0.3, 0.4) is 0 Å². The van der Waals surface area contributed by atoms with Gasteiger partial charge in [0.25, 0.3) is 0 Å². The summed E-state index contributed by atoms with van der Waals surface area (Å²) in [4.78, 5) is 41.4. The molecule has 1 fully saturated rings. The molecular weight excluding hydrogens is 488 g/mol. The predicted octanol–water partition coefficient (Wildman–Crippen LogP) is 2.63. The molecular formula is C27H36N6O5. The summed E-state index contributed by atoms with van der Waals surface area (Å²) in [6.07, 6.45) is 1.07. The number of nitrogens with two attached hydrogens (primary N) is 1. The number of benzene rings is 2. The second kappa shape index (κ2) is 15.1. The molecule has 0 bridgehead atoms. The molecule has 0 atom stereocenters. The maximum atomic E-state index is 12.2. The lowest BCUT2D eigenvalue weighted by atomic mass is 10.2. The van der Waals surface area contributed by atoms with Crippen LogP contribution < -0.4 is 21.3 Å². The Morgan fingerprint density at radius 3 is 2.45 bits per heavy atom. The highest BCUT2D eigenvalue weighted by atomic mass is 16.5. The van der Waals surface area contributed by atoms with E-state index < -0.39 is 12.1 Å². The molecule has 4 rings (SSSR count). The van der Waals surface area contributed by atoms with Gasteiger partial charge in [-0.1, -0.05) is 36.4 Å². The van der Waals surface area contributed by atoms with Gasteiger partial charge in [-0.05, 0) is 36.6 Å². The van der Waals surface area contributed by atoms with Crippen LogP contribution in [-0.2, 0) is 20.9 Å². The van der Waals surface area contributed by atoms with Gasteiger partial charge in [-0.3, -0.25) is 14.6 Å². The van der Waals surface area contributed by atoms with Crippen LogP contribution in [-0.4, -0.2) is 73.2 Å². The van der Waals surface area contributed by atoms with E-state index in [1.54, 1.807) is 0 Å². The van der Waals surface area contributed by atoms with Gasteiger partial charge in [0, 0.05) is 63.5 Å². The maximum absolute atomic E-state index is 12.2. The molecule has 11 heteroatoms.